The largest absolute Gasteiger partial charge is 0.459 e. The molecule has 4 rings (SSSR count). The summed E-state index contributed by atoms with van der Waals surface area (Å²) in [6.07, 6.45) is 17.3. The van der Waals surface area contributed by atoms with Gasteiger partial charge in [0.2, 0.25) is 0 Å². The minimum atomic E-state index is -0.553. The Morgan fingerprint density at radius 3 is 0.813 bits per heavy atom. The van der Waals surface area contributed by atoms with Gasteiger partial charge in [-0.25, -0.2) is 19.2 Å². The van der Waals surface area contributed by atoms with Crippen LogP contribution in [0.25, 0.3) is 0 Å². The van der Waals surface area contributed by atoms with Crippen LogP contribution in [0.4, 0.5) is 19.2 Å². The number of amides is 4. The van der Waals surface area contributed by atoms with Crippen molar-refractivity contribution in [3.63, 3.8) is 0 Å². The van der Waals surface area contributed by atoms with E-state index in [0.717, 1.165) is 89.9 Å². The highest BCUT2D eigenvalue weighted by Gasteiger charge is 2.49. The van der Waals surface area contributed by atoms with Crippen LogP contribution in [0.5, 0.6) is 0 Å². The molecule has 0 aliphatic carbocycles. The van der Waals surface area contributed by atoms with Crippen molar-refractivity contribution in [3.05, 3.63) is 0 Å². The van der Waals surface area contributed by atoms with Crippen LogP contribution in [-0.4, -0.2) is 165 Å². The molecule has 4 heterocycles. The lowest BCUT2D eigenvalue weighted by Gasteiger charge is -2.46. The third-order valence-electron chi connectivity index (χ3n) is 24.7. The van der Waals surface area contributed by atoms with E-state index in [9.17, 15) is 38.4 Å². The number of carbonyl (C=O) groups is 8. The average molecular weight is 1520 g/mol. The molecule has 0 unspecified atom stereocenters. The summed E-state index contributed by atoms with van der Waals surface area (Å²) in [6, 6.07) is 0. The van der Waals surface area contributed by atoms with Gasteiger partial charge in [-0.1, -0.05) is 137 Å². The molecule has 0 atom stereocenters. The quantitative estimate of drug-likeness (QED) is 0.0524. The Labute approximate surface area is 652 Å². The van der Waals surface area contributed by atoms with Gasteiger partial charge >= 0.3 is 48.3 Å². The Hall–Kier alpha value is -5.04. The van der Waals surface area contributed by atoms with E-state index in [1.165, 1.54) is 0 Å². The maximum absolute atomic E-state index is 13.1. The van der Waals surface area contributed by atoms with Crippen LogP contribution in [0.1, 0.15) is 370 Å². The van der Waals surface area contributed by atoms with Crippen molar-refractivity contribution in [2.75, 3.05) is 52.4 Å². The average Bonchev–Trinajstić information content (AvgIpc) is 0.794. The van der Waals surface area contributed by atoms with Crippen LogP contribution in [0.3, 0.4) is 0 Å². The van der Waals surface area contributed by atoms with Crippen LogP contribution in [0, 0.1) is 44.8 Å². The second-order valence-corrected chi connectivity index (χ2v) is 38.5. The molecular formula is C87H162N4O16. The molecule has 107 heavy (non-hydrogen) atoms. The molecule has 0 radical (unpaired) electrons. The van der Waals surface area contributed by atoms with Crippen LogP contribution in [0.15, 0.2) is 0 Å². The van der Waals surface area contributed by atoms with E-state index in [2.05, 4.69) is 83.1 Å². The first-order valence-corrected chi connectivity index (χ1v) is 41.7. The Kier molecular flexibility index (Phi) is 38.7. The molecule has 20 nitrogen and oxygen atoms in total. The molecule has 4 fully saturated rings. The SMILES string of the molecule is CCC(C)(C)C(=O)OC1(C)CCN(C(=O)OC(C(C)C)(C(C)C)C(C)C)CC1.CCC(C)(C)C(=O)OC1(C)CCN(C(=O)OC(C)(C)C(C)(C)C)CC1.CCC1(OC(=O)C(C)(C)CC)CCN(C(=O)OC(C)(C)C)CC1.CCCCC(CCCC)(CCCC)OC(=O)N1CCC(C)(OC(=O)C(C)(C)CC)CC1. The van der Waals surface area contributed by atoms with Gasteiger partial charge in [-0.15, -0.1) is 0 Å². The number of esters is 4. The van der Waals surface area contributed by atoms with Crippen LogP contribution in [0.2, 0.25) is 0 Å². The molecule has 0 aromatic carbocycles. The zero-order valence-electron chi connectivity index (χ0n) is 74.8. The topological polar surface area (TPSA) is 223 Å². The second kappa shape index (κ2) is 41.5. The highest BCUT2D eigenvalue weighted by atomic mass is 16.6. The fraction of sp³-hybridized carbons (Fsp3) is 0.908. The molecule has 0 N–H and O–H groups in total. The van der Waals surface area contributed by atoms with Gasteiger partial charge in [0.15, 0.2) is 0 Å². The van der Waals surface area contributed by atoms with Crippen molar-refractivity contribution < 1.29 is 76.3 Å². The fourth-order valence-corrected chi connectivity index (χ4v) is 13.0. The highest BCUT2D eigenvalue weighted by Crippen LogP contribution is 2.42. The van der Waals surface area contributed by atoms with E-state index < -0.39 is 60.9 Å². The summed E-state index contributed by atoms with van der Waals surface area (Å²) < 4.78 is 47.1. The number of nitrogens with zero attached hydrogens (tertiary/aromatic N) is 4. The third-order valence-corrected chi connectivity index (χ3v) is 24.7. The molecule has 4 aliphatic rings. The zero-order valence-corrected chi connectivity index (χ0v) is 74.8. The number of unbranched alkanes of at least 4 members (excludes halogenated alkanes) is 3. The Balaban J connectivity index is 0.000000717. The molecular weight excluding hydrogens is 1360 g/mol. The summed E-state index contributed by atoms with van der Waals surface area (Å²) in [5.74, 6) is 0.0596. The lowest BCUT2D eigenvalue weighted by molar-refractivity contribution is -0.176. The Bertz CT molecular complexity index is 2710. The van der Waals surface area contributed by atoms with Crippen molar-refractivity contribution in [2.24, 2.45) is 44.8 Å². The van der Waals surface area contributed by atoms with Gasteiger partial charge in [0, 0.05) is 109 Å². The predicted molar refractivity (Wildman–Crippen MR) is 430 cm³/mol. The van der Waals surface area contributed by atoms with E-state index in [1.54, 1.807) is 14.7 Å². The minimum Gasteiger partial charge on any atom is -0.459 e. The monoisotopic (exact) mass is 1520 g/mol. The number of likely N-dealkylation sites (tertiary alicyclic amines) is 4. The standard InChI is InChI=1S/C26H49NO4.C23H43NO4.C20H37NO4.C18H33NO4/c1-8-12-15-26(16-13-9-2,17-14-10-3)31-23(29)27-20-18-25(7,19-21-27)30-22(28)24(5,6)11-4;1-11-21(8,9)19(25)27-22(10)12-14-24(15-13-22)20(26)28-23(16(2)3,17(4)5)18(6)7;1-10-18(5,6)15(22)24-20(9)11-13-21(14-12-20)16(23)25-19(7,8)17(2,3)4;1-8-17(6,7)14(20)22-18(9-2)10-12-19(13-11-18)15(21)23-16(3,4)5/h8-21H2,1-7H3;16-18H,11-15H2,1-10H3;10-14H2,1-9H3;8-13H2,1-7H3. The zero-order chi connectivity index (χ0) is 83.0. The summed E-state index contributed by atoms with van der Waals surface area (Å²) >= 11 is 0. The molecule has 626 valence electrons. The molecule has 4 saturated heterocycles. The van der Waals surface area contributed by atoms with Crippen LogP contribution < -0.4 is 0 Å². The first-order valence-electron chi connectivity index (χ1n) is 41.7. The summed E-state index contributed by atoms with van der Waals surface area (Å²) in [6.45, 7) is 70.6. The van der Waals surface area contributed by atoms with E-state index in [-0.39, 0.29) is 77.0 Å². The van der Waals surface area contributed by atoms with Gasteiger partial charge < -0.3 is 57.5 Å². The molecule has 4 aliphatic heterocycles. The van der Waals surface area contributed by atoms with E-state index >= 15 is 0 Å². The van der Waals surface area contributed by atoms with Crippen molar-refractivity contribution in [1.82, 2.24) is 19.6 Å². The molecule has 0 aromatic rings. The van der Waals surface area contributed by atoms with Crippen molar-refractivity contribution in [3.8, 4) is 0 Å². The number of ether oxygens (including phenoxy) is 8. The second-order valence-electron chi connectivity index (χ2n) is 38.5. The molecule has 20 heteroatoms. The number of hydrogen-bond donors (Lipinski definition) is 0. The summed E-state index contributed by atoms with van der Waals surface area (Å²) in [5, 5.41) is 0. The van der Waals surface area contributed by atoms with Gasteiger partial charge in [0.1, 0.15) is 44.8 Å². The van der Waals surface area contributed by atoms with E-state index in [4.69, 9.17) is 37.9 Å². The van der Waals surface area contributed by atoms with Gasteiger partial charge in [0.05, 0.1) is 21.7 Å². The van der Waals surface area contributed by atoms with Gasteiger partial charge in [0.25, 0.3) is 0 Å². The minimum absolute atomic E-state index is 0.145. The van der Waals surface area contributed by atoms with Gasteiger partial charge in [-0.3, -0.25) is 19.2 Å². The van der Waals surface area contributed by atoms with Crippen molar-refractivity contribution >= 4 is 48.3 Å². The third kappa shape index (κ3) is 30.5. The van der Waals surface area contributed by atoms with Gasteiger partial charge in [-0.2, -0.15) is 0 Å². The molecule has 0 saturated carbocycles. The molecule has 0 aromatic heterocycles. The maximum Gasteiger partial charge on any atom is 0.410 e. The first-order chi connectivity index (χ1) is 48.9. The lowest BCUT2D eigenvalue weighted by Crippen LogP contribution is -2.54. The number of piperidine rings is 4. The van der Waals surface area contributed by atoms with Crippen LogP contribution >= 0.6 is 0 Å². The normalized spacial score (nSPS) is 17.9. The highest BCUT2D eigenvalue weighted by molar-refractivity contribution is 5.78. The summed E-state index contributed by atoms with van der Waals surface area (Å²) in [4.78, 5) is 108. The van der Waals surface area contributed by atoms with E-state index in [1.807, 2.05) is 150 Å². The lowest BCUT2D eigenvalue weighted by atomic mass is 9.72. The summed E-state index contributed by atoms with van der Waals surface area (Å²) in [5.41, 5.74) is -5.92. The molecule has 4 amide bonds. The number of rotatable bonds is 28. The smallest absolute Gasteiger partial charge is 0.410 e. The maximum atomic E-state index is 13.1. The Morgan fingerprint density at radius 1 is 0.336 bits per heavy atom. The van der Waals surface area contributed by atoms with E-state index in [0.29, 0.717) is 104 Å². The van der Waals surface area contributed by atoms with Crippen molar-refractivity contribution in [2.45, 2.75) is 415 Å². The van der Waals surface area contributed by atoms with Gasteiger partial charge in [-0.05, 0) is 199 Å². The number of carbonyl (C=O) groups excluding carboxylic acids is 8. The Morgan fingerprint density at radius 2 is 0.579 bits per heavy atom. The van der Waals surface area contributed by atoms with Crippen LogP contribution in [-0.2, 0) is 57.1 Å². The number of hydrogen-bond acceptors (Lipinski definition) is 16. The molecule has 0 spiro atoms. The first kappa shape index (κ1) is 100.0. The predicted octanol–water partition coefficient (Wildman–Crippen LogP) is 21.9. The molecule has 0 bridgehead atoms. The fourth-order valence-electron chi connectivity index (χ4n) is 13.0. The summed E-state index contributed by atoms with van der Waals surface area (Å²) in [7, 11) is 0. The van der Waals surface area contributed by atoms with Crippen molar-refractivity contribution in [1.29, 1.82) is 0 Å².